The number of carbonyl (C=O) groups excluding carboxylic acids is 6. The molecule has 5 atom stereocenters. The van der Waals surface area contributed by atoms with Gasteiger partial charge in [-0.15, -0.1) is 0 Å². The average molecular weight is 525 g/mol. The Hall–Kier alpha value is -4.45. The fourth-order valence-electron chi connectivity index (χ4n) is 3.30. The molecule has 0 bridgehead atoms. The van der Waals surface area contributed by atoms with Gasteiger partial charge in [-0.2, -0.15) is 0 Å². The monoisotopic (exact) mass is 524 g/mol. The molecule has 1 fully saturated rings. The highest BCUT2D eigenvalue weighted by Gasteiger charge is 2.34. The van der Waals surface area contributed by atoms with Crippen LogP contribution in [-0.4, -0.2) is 91.4 Å². The summed E-state index contributed by atoms with van der Waals surface area (Å²) in [4.78, 5) is 79.0. The van der Waals surface area contributed by atoms with Crippen molar-refractivity contribution in [3.63, 3.8) is 0 Å². The topological polar surface area (TPSA) is 303 Å². The van der Waals surface area contributed by atoms with E-state index in [4.69, 9.17) is 22.9 Å². The molecule has 7 amide bonds. The smallest absolute Gasteiger partial charge is 0.316 e. The number of amides is 7. The lowest BCUT2D eigenvalue weighted by atomic mass is 10.0. The second kappa shape index (κ2) is 13.0. The predicted octanol–water partition coefficient (Wildman–Crippen LogP) is -6.82. The molecular formula is C19H32N12O6. The number of nitrogens with one attached hydrogen (secondary N) is 7. The van der Waals surface area contributed by atoms with Gasteiger partial charge in [-0.1, -0.05) is 0 Å². The molecule has 2 aliphatic rings. The number of carbonyl (C=O) groups is 6. The van der Waals surface area contributed by atoms with Gasteiger partial charge in [-0.25, -0.2) is 4.79 Å². The number of hydrogen-bond donors (Lipinski definition) is 11. The van der Waals surface area contributed by atoms with Gasteiger partial charge in [0.15, 0.2) is 5.96 Å². The van der Waals surface area contributed by atoms with Crippen molar-refractivity contribution in [1.29, 1.82) is 0 Å². The second-order valence-corrected chi connectivity index (χ2v) is 8.19. The third kappa shape index (κ3) is 8.32. The maximum atomic E-state index is 13.1. The Morgan fingerprint density at radius 3 is 2.38 bits per heavy atom. The number of nitrogens with two attached hydrogens (primary N) is 4. The maximum absolute atomic E-state index is 13.1. The van der Waals surface area contributed by atoms with Crippen molar-refractivity contribution in [1.82, 2.24) is 37.2 Å². The molecule has 18 heteroatoms. The molecule has 0 aromatic heterocycles. The normalized spacial score (nSPS) is 29.5. The lowest BCUT2D eigenvalue weighted by molar-refractivity contribution is -0.132. The van der Waals surface area contributed by atoms with E-state index in [1.54, 1.807) is 0 Å². The Bertz CT molecular complexity index is 998. The number of aliphatic imine (C=N–C) groups is 1. The largest absolute Gasteiger partial charge is 0.370 e. The third-order valence-electron chi connectivity index (χ3n) is 5.34. The Balaban J connectivity index is 2.44. The zero-order valence-electron chi connectivity index (χ0n) is 20.0. The summed E-state index contributed by atoms with van der Waals surface area (Å²) in [6.45, 7) is 0.879. The van der Waals surface area contributed by atoms with Crippen molar-refractivity contribution < 1.29 is 28.8 Å². The summed E-state index contributed by atoms with van der Waals surface area (Å²) in [5.74, 6) is -4.16. The minimum absolute atomic E-state index is 0.0384. The fraction of sp³-hybridized carbons (Fsp3) is 0.526. The van der Waals surface area contributed by atoms with Crippen molar-refractivity contribution in [3.05, 3.63) is 11.9 Å². The summed E-state index contributed by atoms with van der Waals surface area (Å²) in [7, 11) is 0. The van der Waals surface area contributed by atoms with Crippen LogP contribution in [0.25, 0.3) is 0 Å². The van der Waals surface area contributed by atoms with Crippen LogP contribution in [0.5, 0.6) is 0 Å². The number of nitrogens with zero attached hydrogens (tertiary/aromatic N) is 1. The molecule has 18 nitrogen and oxygen atoms in total. The van der Waals surface area contributed by atoms with Crippen LogP contribution in [-0.2, 0) is 24.0 Å². The quantitative estimate of drug-likeness (QED) is 0.155. The first-order valence-electron chi connectivity index (χ1n) is 11.2. The van der Waals surface area contributed by atoms with Crippen molar-refractivity contribution in [2.75, 3.05) is 19.6 Å². The molecule has 37 heavy (non-hydrogen) atoms. The van der Waals surface area contributed by atoms with E-state index in [0.29, 0.717) is 0 Å². The first kappa shape index (κ1) is 28.8. The molecule has 0 unspecified atom stereocenters. The highest BCUT2D eigenvalue weighted by molar-refractivity contribution is 6.02. The summed E-state index contributed by atoms with van der Waals surface area (Å²) in [5.41, 5.74) is 21.7. The minimum atomic E-state index is -1.34. The Labute approximate surface area is 211 Å². The predicted molar refractivity (Wildman–Crippen MR) is 128 cm³/mol. The van der Waals surface area contributed by atoms with E-state index in [-0.39, 0.29) is 32.0 Å². The number of guanidine groups is 1. The van der Waals surface area contributed by atoms with E-state index >= 15 is 0 Å². The Morgan fingerprint density at radius 1 is 1.05 bits per heavy atom. The molecule has 2 aliphatic heterocycles. The number of hydrogen-bond acceptors (Lipinski definition) is 11. The number of urea groups is 1. The van der Waals surface area contributed by atoms with Crippen LogP contribution in [0, 0.1) is 0 Å². The van der Waals surface area contributed by atoms with Gasteiger partial charge in [0.1, 0.15) is 29.9 Å². The lowest BCUT2D eigenvalue weighted by Crippen LogP contribution is -2.63. The van der Waals surface area contributed by atoms with Crippen molar-refractivity contribution in [3.8, 4) is 0 Å². The average Bonchev–Trinajstić information content (AvgIpc) is 2.85. The van der Waals surface area contributed by atoms with E-state index in [2.05, 4.69) is 42.2 Å². The summed E-state index contributed by atoms with van der Waals surface area (Å²) >= 11 is 0. The van der Waals surface area contributed by atoms with Gasteiger partial charge in [0.05, 0.1) is 6.04 Å². The van der Waals surface area contributed by atoms with Gasteiger partial charge in [0.2, 0.25) is 23.6 Å². The molecule has 0 aromatic carbocycles. The van der Waals surface area contributed by atoms with Gasteiger partial charge < -0.3 is 60.2 Å². The van der Waals surface area contributed by atoms with Crippen LogP contribution in [0.15, 0.2) is 16.9 Å². The van der Waals surface area contributed by atoms with E-state index in [1.807, 2.05) is 0 Å². The van der Waals surface area contributed by atoms with Crippen LogP contribution >= 0.6 is 0 Å². The van der Waals surface area contributed by atoms with Gasteiger partial charge >= 0.3 is 6.03 Å². The molecule has 2 rings (SSSR count). The van der Waals surface area contributed by atoms with Crippen molar-refractivity contribution in [2.24, 2.45) is 27.9 Å². The summed E-state index contributed by atoms with van der Waals surface area (Å²) in [6.07, 6.45) is 1.10. The molecule has 0 saturated carbocycles. The zero-order chi connectivity index (χ0) is 27.7. The van der Waals surface area contributed by atoms with Gasteiger partial charge in [-0.3, -0.25) is 29.0 Å². The van der Waals surface area contributed by atoms with Crippen LogP contribution in [0.1, 0.15) is 13.3 Å². The number of rotatable bonds is 3. The maximum Gasteiger partial charge on any atom is 0.316 e. The molecule has 0 aromatic rings. The molecule has 1 saturated heterocycles. The van der Waals surface area contributed by atoms with E-state index in [0.717, 1.165) is 6.20 Å². The van der Waals surface area contributed by atoms with Crippen LogP contribution in [0.3, 0.4) is 0 Å². The van der Waals surface area contributed by atoms with Crippen LogP contribution in [0.2, 0.25) is 0 Å². The second-order valence-electron chi connectivity index (χ2n) is 8.19. The highest BCUT2D eigenvalue weighted by atomic mass is 16.2. The lowest BCUT2D eigenvalue weighted by Gasteiger charge is -2.31. The molecule has 15 N–H and O–H groups in total. The fourth-order valence-corrected chi connectivity index (χ4v) is 3.30. The molecule has 204 valence electrons. The highest BCUT2D eigenvalue weighted by Crippen LogP contribution is 2.06. The summed E-state index contributed by atoms with van der Waals surface area (Å²) < 4.78 is 0. The SMILES string of the molecule is C[C@@H]1NC(=O)[C@@H](N)CNC(=O)[C@H]([C@@H]2CCN=C(N)N2)NC(=O)/C(=C/NC(N)=O)NC(=O)[C@H](CN)NC1=O. The molecular weight excluding hydrogens is 492 g/mol. The van der Waals surface area contributed by atoms with E-state index in [1.165, 1.54) is 6.92 Å². The molecule has 2 heterocycles. The zero-order valence-corrected chi connectivity index (χ0v) is 20.0. The van der Waals surface area contributed by atoms with Crippen LogP contribution < -0.4 is 60.2 Å². The van der Waals surface area contributed by atoms with E-state index in [9.17, 15) is 28.8 Å². The Morgan fingerprint density at radius 2 is 1.76 bits per heavy atom. The summed E-state index contributed by atoms with van der Waals surface area (Å²) in [5, 5.41) is 16.7. The Kier molecular flexibility index (Phi) is 10.1. The molecule has 0 radical (unpaired) electrons. The molecule has 0 spiro atoms. The van der Waals surface area contributed by atoms with Crippen molar-refractivity contribution in [2.45, 2.75) is 43.6 Å². The standard InChI is InChI=1S/C19H32N12O6/c1-7-13(32)28-10(4-20)15(34)29-11(6-26-19(23)37)16(35)31-12(9-2-3-24-18(22)30-9)17(36)25-5-8(21)14(33)27-7/h6-10,12H,2-5,20-21H2,1H3,(H,25,36)(H,27,33)(H,28,32)(H,29,34)(H,31,35)(H3,22,24,30)(H3,23,26,37)/b11-6-/t7-,8-,9-,10-,12-/m0/s1. The first-order chi connectivity index (χ1) is 17.4. The summed E-state index contributed by atoms with van der Waals surface area (Å²) in [6, 6.07) is -6.78. The first-order valence-corrected chi connectivity index (χ1v) is 11.2. The third-order valence-corrected chi connectivity index (χ3v) is 5.34. The number of primary amides is 1. The van der Waals surface area contributed by atoms with Crippen molar-refractivity contribution >= 4 is 41.5 Å². The van der Waals surface area contributed by atoms with Gasteiger partial charge in [0, 0.05) is 25.8 Å². The van der Waals surface area contributed by atoms with Gasteiger partial charge in [0.25, 0.3) is 5.91 Å². The van der Waals surface area contributed by atoms with E-state index < -0.39 is 71.5 Å². The van der Waals surface area contributed by atoms with Crippen LogP contribution in [0.4, 0.5) is 4.79 Å². The minimum Gasteiger partial charge on any atom is -0.370 e. The van der Waals surface area contributed by atoms with Gasteiger partial charge in [-0.05, 0) is 13.3 Å². The molecule has 0 aliphatic carbocycles.